The number of nitrogens with zero attached hydrogens (tertiary/aromatic N) is 2. The maximum Gasteiger partial charge on any atom is 0.303 e. The first-order valence-corrected chi connectivity index (χ1v) is 12.8. The smallest absolute Gasteiger partial charge is 0.303 e. The summed E-state index contributed by atoms with van der Waals surface area (Å²) < 4.78 is 13.6. The minimum absolute atomic E-state index is 0.0485. The Bertz CT molecular complexity index is 1400. The number of ether oxygens (including phenoxy) is 2. The van der Waals surface area contributed by atoms with Gasteiger partial charge < -0.3 is 19.7 Å². The van der Waals surface area contributed by atoms with Crippen LogP contribution in [0, 0.1) is 0 Å². The van der Waals surface area contributed by atoms with E-state index in [1.54, 1.807) is 13.2 Å². The number of rotatable bonds is 9. The molecule has 4 aromatic rings. The van der Waals surface area contributed by atoms with Crippen LogP contribution in [0.25, 0.3) is 22.2 Å². The van der Waals surface area contributed by atoms with Gasteiger partial charge in [0.1, 0.15) is 18.1 Å². The van der Waals surface area contributed by atoms with Crippen LogP contribution >= 0.6 is 0 Å². The number of carboxylic acid groups (broad SMARTS) is 1. The highest BCUT2D eigenvalue weighted by atomic mass is 16.5. The Kier molecular flexibility index (Phi) is 7.04. The predicted molar refractivity (Wildman–Crippen MR) is 142 cm³/mol. The second-order valence-corrected chi connectivity index (χ2v) is 9.83. The standard InChI is InChI=1S/C30H32N2O5/c1-19(15-29(34)35)21-8-11-24(12-9-21)37-18-20-7-13-25-26(16-20)32(23-5-3-4-6-23)31-30(25)22-10-14-27(33)28(17-22)36-2/h7-14,16-17,19,23,33H,3-6,15,18H2,1-2H3,(H,34,35)/t19-/m0/s1. The van der Waals surface area contributed by atoms with E-state index >= 15 is 0 Å². The molecule has 5 rings (SSSR count). The lowest BCUT2D eigenvalue weighted by Gasteiger charge is -2.13. The van der Waals surface area contributed by atoms with Crippen molar-refractivity contribution >= 4 is 16.9 Å². The first kappa shape index (κ1) is 24.7. The zero-order valence-corrected chi connectivity index (χ0v) is 21.2. The topological polar surface area (TPSA) is 93.8 Å². The number of aromatic nitrogens is 2. The fourth-order valence-corrected chi connectivity index (χ4v) is 5.18. The molecule has 3 aromatic carbocycles. The van der Waals surface area contributed by atoms with Gasteiger partial charge >= 0.3 is 5.97 Å². The molecule has 0 saturated heterocycles. The van der Waals surface area contributed by atoms with Crippen molar-refractivity contribution in [3.8, 4) is 28.5 Å². The summed E-state index contributed by atoms with van der Waals surface area (Å²) in [5, 5.41) is 25.2. The van der Waals surface area contributed by atoms with E-state index in [2.05, 4.69) is 22.9 Å². The summed E-state index contributed by atoms with van der Waals surface area (Å²) in [6.07, 6.45) is 4.75. The fourth-order valence-electron chi connectivity index (χ4n) is 5.18. The molecular formula is C30H32N2O5. The monoisotopic (exact) mass is 500 g/mol. The largest absolute Gasteiger partial charge is 0.504 e. The molecular weight excluding hydrogens is 468 g/mol. The second-order valence-electron chi connectivity index (χ2n) is 9.83. The van der Waals surface area contributed by atoms with Gasteiger partial charge in [0.25, 0.3) is 0 Å². The van der Waals surface area contributed by atoms with Gasteiger partial charge in [-0.1, -0.05) is 44.0 Å². The molecule has 0 radical (unpaired) electrons. The lowest BCUT2D eigenvalue weighted by atomic mass is 9.98. The maximum atomic E-state index is 11.0. The van der Waals surface area contributed by atoms with Crippen LogP contribution in [0.15, 0.2) is 60.7 Å². The number of hydrogen-bond donors (Lipinski definition) is 2. The number of carbonyl (C=O) groups is 1. The van der Waals surface area contributed by atoms with Crippen LogP contribution in [-0.4, -0.2) is 33.1 Å². The van der Waals surface area contributed by atoms with E-state index in [4.69, 9.17) is 19.7 Å². The molecule has 1 aromatic heterocycles. The lowest BCUT2D eigenvalue weighted by Crippen LogP contribution is -2.06. The molecule has 1 fully saturated rings. The van der Waals surface area contributed by atoms with Gasteiger partial charge in [-0.25, -0.2) is 0 Å². The van der Waals surface area contributed by atoms with E-state index in [1.165, 1.54) is 12.8 Å². The van der Waals surface area contributed by atoms with Gasteiger partial charge in [0.2, 0.25) is 0 Å². The van der Waals surface area contributed by atoms with Crippen LogP contribution < -0.4 is 9.47 Å². The fraction of sp³-hybridized carbons (Fsp3) is 0.333. The number of methoxy groups -OCH3 is 1. The highest BCUT2D eigenvalue weighted by molar-refractivity contribution is 5.94. The molecule has 0 bridgehead atoms. The summed E-state index contributed by atoms with van der Waals surface area (Å²) in [6.45, 7) is 2.33. The molecule has 192 valence electrons. The molecule has 1 heterocycles. The second kappa shape index (κ2) is 10.5. The zero-order valence-electron chi connectivity index (χ0n) is 21.2. The number of hydrogen-bond acceptors (Lipinski definition) is 5. The Balaban J connectivity index is 1.41. The van der Waals surface area contributed by atoms with Crippen molar-refractivity contribution in [2.45, 2.75) is 57.6 Å². The van der Waals surface area contributed by atoms with Crippen LogP contribution in [-0.2, 0) is 11.4 Å². The third kappa shape index (κ3) is 5.26. The van der Waals surface area contributed by atoms with Crippen molar-refractivity contribution in [3.05, 3.63) is 71.8 Å². The SMILES string of the molecule is COc1cc(-c2nn(C3CCCC3)c3cc(COc4ccc([C@@H](C)CC(=O)O)cc4)ccc23)ccc1O. The van der Waals surface area contributed by atoms with Gasteiger partial charge in [0.05, 0.1) is 25.1 Å². The quantitative estimate of drug-likeness (QED) is 0.266. The number of aromatic hydroxyl groups is 1. The molecule has 1 aliphatic carbocycles. The van der Waals surface area contributed by atoms with E-state index in [0.717, 1.165) is 51.9 Å². The van der Waals surface area contributed by atoms with Crippen LogP contribution in [0.3, 0.4) is 0 Å². The predicted octanol–water partition coefficient (Wildman–Crippen LogP) is 6.69. The average molecular weight is 501 g/mol. The molecule has 0 unspecified atom stereocenters. The molecule has 7 heteroatoms. The third-order valence-electron chi connectivity index (χ3n) is 7.23. The van der Waals surface area contributed by atoms with Crippen molar-refractivity contribution in [2.24, 2.45) is 0 Å². The Hall–Kier alpha value is -4.00. The summed E-state index contributed by atoms with van der Waals surface area (Å²) in [5.41, 5.74) is 4.88. The molecule has 37 heavy (non-hydrogen) atoms. The van der Waals surface area contributed by atoms with Crippen molar-refractivity contribution in [1.29, 1.82) is 0 Å². The minimum atomic E-state index is -0.798. The summed E-state index contributed by atoms with van der Waals surface area (Å²) >= 11 is 0. The Morgan fingerprint density at radius 3 is 2.54 bits per heavy atom. The lowest BCUT2D eigenvalue weighted by molar-refractivity contribution is -0.137. The molecule has 0 amide bonds. The van der Waals surface area contributed by atoms with Gasteiger partial charge in [-0.3, -0.25) is 9.48 Å². The highest BCUT2D eigenvalue weighted by Gasteiger charge is 2.23. The molecule has 7 nitrogen and oxygen atoms in total. The van der Waals surface area contributed by atoms with E-state index < -0.39 is 5.97 Å². The van der Waals surface area contributed by atoms with Gasteiger partial charge in [0, 0.05) is 10.9 Å². The summed E-state index contributed by atoms with van der Waals surface area (Å²) in [5.74, 6) is 0.428. The van der Waals surface area contributed by atoms with Crippen LogP contribution in [0.1, 0.15) is 62.1 Å². The van der Waals surface area contributed by atoms with E-state index in [-0.39, 0.29) is 18.1 Å². The number of benzene rings is 3. The van der Waals surface area contributed by atoms with Crippen LogP contribution in [0.2, 0.25) is 0 Å². The number of phenolic OH excluding ortho intramolecular Hbond substituents is 1. The first-order valence-electron chi connectivity index (χ1n) is 12.8. The molecule has 0 aliphatic heterocycles. The normalized spacial score (nSPS) is 14.6. The zero-order chi connectivity index (χ0) is 25.9. The molecule has 2 N–H and O–H groups in total. The number of fused-ring (bicyclic) bond motifs is 1. The number of carboxylic acids is 1. The average Bonchev–Trinajstić information content (AvgIpc) is 3.56. The van der Waals surface area contributed by atoms with E-state index in [9.17, 15) is 9.90 Å². The first-order chi connectivity index (χ1) is 17.9. The third-order valence-corrected chi connectivity index (χ3v) is 7.23. The van der Waals surface area contributed by atoms with Crippen molar-refractivity contribution < 1.29 is 24.5 Å². The van der Waals surface area contributed by atoms with Gasteiger partial charge in [-0.2, -0.15) is 5.10 Å². The van der Waals surface area contributed by atoms with Crippen molar-refractivity contribution in [1.82, 2.24) is 9.78 Å². The highest BCUT2D eigenvalue weighted by Crippen LogP contribution is 2.38. The maximum absolute atomic E-state index is 11.0. The van der Waals surface area contributed by atoms with Crippen molar-refractivity contribution in [2.75, 3.05) is 7.11 Å². The van der Waals surface area contributed by atoms with E-state index in [1.807, 2.05) is 43.3 Å². The van der Waals surface area contributed by atoms with Crippen molar-refractivity contribution in [3.63, 3.8) is 0 Å². The van der Waals surface area contributed by atoms with Crippen LogP contribution in [0.4, 0.5) is 0 Å². The van der Waals surface area contributed by atoms with Gasteiger partial charge in [0.15, 0.2) is 11.5 Å². The molecule has 1 atom stereocenters. The minimum Gasteiger partial charge on any atom is -0.504 e. The van der Waals surface area contributed by atoms with Gasteiger partial charge in [-0.15, -0.1) is 0 Å². The molecule has 1 aliphatic rings. The van der Waals surface area contributed by atoms with Crippen LogP contribution in [0.5, 0.6) is 17.2 Å². The Morgan fingerprint density at radius 2 is 1.84 bits per heavy atom. The number of aliphatic carboxylic acids is 1. The molecule has 0 spiro atoms. The summed E-state index contributed by atoms with van der Waals surface area (Å²) in [4.78, 5) is 11.0. The summed E-state index contributed by atoms with van der Waals surface area (Å²) in [7, 11) is 1.55. The Labute approximate surface area is 216 Å². The number of phenols is 1. The van der Waals surface area contributed by atoms with E-state index in [0.29, 0.717) is 18.4 Å². The van der Waals surface area contributed by atoms with Gasteiger partial charge in [-0.05, 0) is 66.3 Å². The molecule has 1 saturated carbocycles. The summed E-state index contributed by atoms with van der Waals surface area (Å²) in [6, 6.07) is 19.7. The Morgan fingerprint density at radius 1 is 1.08 bits per heavy atom.